The number of aromatic amines is 1. The number of anilines is 1. The number of amides is 1. The average Bonchev–Trinajstić information content (AvgIpc) is 3.10. The first-order chi connectivity index (χ1) is 16.0. The van der Waals surface area contributed by atoms with Gasteiger partial charge in [-0.2, -0.15) is 0 Å². The van der Waals surface area contributed by atoms with Crippen molar-refractivity contribution in [2.24, 2.45) is 0 Å². The molecule has 4 heterocycles. The first-order valence-electron chi connectivity index (χ1n) is 10.1. The highest BCUT2D eigenvalue weighted by Crippen LogP contribution is 2.28. The molecule has 5 aromatic rings. The SMILES string of the molecule is Nc1[nH]c2ncc(CNC(=O)c3ccnc(Cc4ccc5ncc(Cl)cc5c4)c3)cc2c1Cl. The Morgan fingerprint density at radius 1 is 1.00 bits per heavy atom. The summed E-state index contributed by atoms with van der Waals surface area (Å²) in [6.45, 7) is 0.305. The highest BCUT2D eigenvalue weighted by molar-refractivity contribution is 6.38. The van der Waals surface area contributed by atoms with Crippen molar-refractivity contribution in [1.82, 2.24) is 25.3 Å². The van der Waals surface area contributed by atoms with Crippen molar-refractivity contribution in [3.63, 3.8) is 0 Å². The minimum Gasteiger partial charge on any atom is -0.384 e. The van der Waals surface area contributed by atoms with Gasteiger partial charge >= 0.3 is 0 Å². The van der Waals surface area contributed by atoms with Gasteiger partial charge in [0.05, 0.1) is 15.6 Å². The molecule has 0 aliphatic heterocycles. The van der Waals surface area contributed by atoms with Crippen LogP contribution in [0.25, 0.3) is 21.9 Å². The van der Waals surface area contributed by atoms with Gasteiger partial charge in [-0.3, -0.25) is 14.8 Å². The molecule has 1 aromatic carbocycles. The van der Waals surface area contributed by atoms with Crippen LogP contribution in [0.3, 0.4) is 0 Å². The molecule has 0 unspecified atom stereocenters. The minimum absolute atomic E-state index is 0.201. The molecule has 0 spiro atoms. The number of nitrogen functional groups attached to an aromatic ring is 1. The Kier molecular flexibility index (Phi) is 5.58. The van der Waals surface area contributed by atoms with Gasteiger partial charge in [-0.1, -0.05) is 29.3 Å². The van der Waals surface area contributed by atoms with Crippen molar-refractivity contribution >= 4 is 56.9 Å². The average molecular weight is 477 g/mol. The molecule has 0 fully saturated rings. The number of carbonyl (C=O) groups excluding carboxylic acids is 1. The molecule has 0 saturated carbocycles. The molecule has 33 heavy (non-hydrogen) atoms. The molecule has 0 saturated heterocycles. The Morgan fingerprint density at radius 2 is 1.88 bits per heavy atom. The summed E-state index contributed by atoms with van der Waals surface area (Å²) < 4.78 is 0. The van der Waals surface area contributed by atoms with Gasteiger partial charge in [0.2, 0.25) is 0 Å². The van der Waals surface area contributed by atoms with E-state index in [0.717, 1.165) is 33.1 Å². The maximum Gasteiger partial charge on any atom is 0.251 e. The first-order valence-corrected chi connectivity index (χ1v) is 10.9. The zero-order valence-corrected chi connectivity index (χ0v) is 18.8. The van der Waals surface area contributed by atoms with Crippen LogP contribution in [0, 0.1) is 0 Å². The predicted molar refractivity (Wildman–Crippen MR) is 130 cm³/mol. The van der Waals surface area contributed by atoms with Crippen LogP contribution in [-0.2, 0) is 13.0 Å². The van der Waals surface area contributed by atoms with Crippen molar-refractivity contribution in [3.05, 3.63) is 93.5 Å². The second-order valence-corrected chi connectivity index (χ2v) is 8.48. The number of benzene rings is 1. The van der Waals surface area contributed by atoms with Crippen molar-refractivity contribution in [1.29, 1.82) is 0 Å². The van der Waals surface area contributed by atoms with Crippen LogP contribution >= 0.6 is 23.2 Å². The lowest BCUT2D eigenvalue weighted by molar-refractivity contribution is 0.0950. The summed E-state index contributed by atoms with van der Waals surface area (Å²) in [5, 5.41) is 5.61. The quantitative estimate of drug-likeness (QED) is 0.333. The standard InChI is InChI=1S/C24H18Cl2N6O/c25-17-8-16-5-13(1-2-20(16)29-12-17)6-18-9-15(3-4-28-18)24(33)31-11-14-7-19-21(26)22(27)32-23(19)30-10-14/h1-5,7-10,12H,6,11,27H2,(H,30,32)(H,31,33). The lowest BCUT2D eigenvalue weighted by Crippen LogP contribution is -2.23. The number of fused-ring (bicyclic) bond motifs is 2. The number of nitrogens with one attached hydrogen (secondary N) is 2. The number of halogens is 2. The molecule has 0 bridgehead atoms. The zero-order valence-electron chi connectivity index (χ0n) is 17.3. The Balaban J connectivity index is 1.29. The first kappa shape index (κ1) is 21.2. The number of nitrogens with zero attached hydrogens (tertiary/aromatic N) is 3. The molecule has 7 nitrogen and oxygen atoms in total. The smallest absolute Gasteiger partial charge is 0.251 e. The third-order valence-corrected chi connectivity index (χ3v) is 5.91. The van der Waals surface area contributed by atoms with Gasteiger partial charge in [-0.15, -0.1) is 0 Å². The van der Waals surface area contributed by atoms with Crippen molar-refractivity contribution in [2.45, 2.75) is 13.0 Å². The van der Waals surface area contributed by atoms with E-state index in [1.54, 1.807) is 30.7 Å². The maximum absolute atomic E-state index is 12.7. The molecule has 0 radical (unpaired) electrons. The van der Waals surface area contributed by atoms with Gasteiger partial charge in [-0.05, 0) is 47.5 Å². The predicted octanol–water partition coefficient (Wildman–Crippen LogP) is 4.92. The van der Waals surface area contributed by atoms with E-state index in [9.17, 15) is 4.79 Å². The van der Waals surface area contributed by atoms with E-state index in [0.29, 0.717) is 40.0 Å². The van der Waals surface area contributed by atoms with Crippen LogP contribution in [0.5, 0.6) is 0 Å². The van der Waals surface area contributed by atoms with Crippen LogP contribution in [0.1, 0.15) is 27.2 Å². The van der Waals surface area contributed by atoms with E-state index in [4.69, 9.17) is 28.9 Å². The van der Waals surface area contributed by atoms with Gasteiger partial charge in [-0.25, -0.2) is 4.98 Å². The fraction of sp³-hybridized carbons (Fsp3) is 0.0833. The number of hydrogen-bond acceptors (Lipinski definition) is 5. The molecule has 4 aromatic heterocycles. The third-order valence-electron chi connectivity index (χ3n) is 5.30. The summed E-state index contributed by atoms with van der Waals surface area (Å²) in [5.74, 6) is 0.170. The second-order valence-electron chi connectivity index (χ2n) is 7.67. The molecule has 5 rings (SSSR count). The molecule has 4 N–H and O–H groups in total. The Labute approximate surface area is 199 Å². The van der Waals surface area contributed by atoms with E-state index >= 15 is 0 Å². The highest BCUT2D eigenvalue weighted by Gasteiger charge is 2.11. The van der Waals surface area contributed by atoms with Crippen LogP contribution in [0.2, 0.25) is 10.0 Å². The van der Waals surface area contributed by atoms with Gasteiger partial charge < -0.3 is 16.0 Å². The fourth-order valence-corrected chi connectivity index (χ4v) is 4.03. The summed E-state index contributed by atoms with van der Waals surface area (Å²) >= 11 is 12.3. The molecule has 0 aliphatic carbocycles. The van der Waals surface area contributed by atoms with Crippen LogP contribution in [0.15, 0.2) is 61.1 Å². The molecular formula is C24H18Cl2N6O. The summed E-state index contributed by atoms with van der Waals surface area (Å²) in [5.41, 5.74) is 10.5. The molecule has 9 heteroatoms. The molecule has 0 atom stereocenters. The van der Waals surface area contributed by atoms with Gasteiger partial charge in [0.15, 0.2) is 0 Å². The topological polar surface area (TPSA) is 110 Å². The lowest BCUT2D eigenvalue weighted by Gasteiger charge is -2.08. The number of carbonyl (C=O) groups is 1. The van der Waals surface area contributed by atoms with E-state index in [2.05, 4.69) is 25.3 Å². The van der Waals surface area contributed by atoms with Crippen molar-refractivity contribution < 1.29 is 4.79 Å². The van der Waals surface area contributed by atoms with Gasteiger partial charge in [0.25, 0.3) is 5.91 Å². The normalized spacial score (nSPS) is 11.2. The van der Waals surface area contributed by atoms with Crippen molar-refractivity contribution in [3.8, 4) is 0 Å². The van der Waals surface area contributed by atoms with E-state index < -0.39 is 0 Å². The third kappa shape index (κ3) is 4.46. The minimum atomic E-state index is -0.201. The number of hydrogen-bond donors (Lipinski definition) is 3. The maximum atomic E-state index is 12.7. The molecule has 1 amide bonds. The largest absolute Gasteiger partial charge is 0.384 e. The monoisotopic (exact) mass is 476 g/mol. The van der Waals surface area contributed by atoms with Crippen LogP contribution < -0.4 is 11.1 Å². The highest BCUT2D eigenvalue weighted by atomic mass is 35.5. The number of pyridine rings is 3. The molecular weight excluding hydrogens is 459 g/mol. The van der Waals surface area contributed by atoms with E-state index in [1.165, 1.54) is 0 Å². The lowest BCUT2D eigenvalue weighted by atomic mass is 10.0. The number of nitrogens with two attached hydrogens (primary N) is 1. The Bertz CT molecular complexity index is 1510. The van der Waals surface area contributed by atoms with E-state index in [1.807, 2.05) is 30.3 Å². The Hall–Kier alpha value is -3.68. The van der Waals surface area contributed by atoms with Gasteiger partial charge in [0, 0.05) is 53.6 Å². The second kappa shape index (κ2) is 8.69. The summed E-state index contributed by atoms with van der Waals surface area (Å²) in [4.78, 5) is 28.7. The number of aromatic nitrogens is 4. The van der Waals surface area contributed by atoms with Crippen LogP contribution in [0.4, 0.5) is 5.82 Å². The fourth-order valence-electron chi connectivity index (χ4n) is 3.67. The van der Waals surface area contributed by atoms with Gasteiger partial charge in [0.1, 0.15) is 11.5 Å². The summed E-state index contributed by atoms with van der Waals surface area (Å²) in [6.07, 6.45) is 5.52. The van der Waals surface area contributed by atoms with Crippen molar-refractivity contribution in [2.75, 3.05) is 5.73 Å². The molecule has 164 valence electrons. The number of H-pyrrole nitrogens is 1. The molecule has 0 aliphatic rings. The number of rotatable bonds is 5. The van der Waals surface area contributed by atoms with E-state index in [-0.39, 0.29) is 5.91 Å². The zero-order chi connectivity index (χ0) is 22.9. The summed E-state index contributed by atoms with van der Waals surface area (Å²) in [6, 6.07) is 13.2. The summed E-state index contributed by atoms with van der Waals surface area (Å²) in [7, 11) is 0. The Morgan fingerprint density at radius 3 is 2.76 bits per heavy atom. The van der Waals surface area contributed by atoms with Crippen LogP contribution in [-0.4, -0.2) is 25.8 Å².